The second-order valence-corrected chi connectivity index (χ2v) is 9.86. The first kappa shape index (κ1) is 20.1. The van der Waals surface area contributed by atoms with E-state index in [-0.39, 0.29) is 5.92 Å². The molecule has 0 spiro atoms. The Hall–Kier alpha value is -2.17. The molecule has 11 heteroatoms. The van der Waals surface area contributed by atoms with Gasteiger partial charge in [0, 0.05) is 32.9 Å². The van der Waals surface area contributed by atoms with E-state index in [1.165, 1.54) is 6.26 Å². The van der Waals surface area contributed by atoms with Gasteiger partial charge in [-0.2, -0.15) is 5.10 Å². The van der Waals surface area contributed by atoms with Gasteiger partial charge in [0.1, 0.15) is 11.3 Å². The molecule has 4 heterocycles. The van der Waals surface area contributed by atoms with E-state index in [9.17, 15) is 8.42 Å². The average molecular weight is 438 g/mol. The molecule has 156 valence electrons. The van der Waals surface area contributed by atoms with Crippen molar-refractivity contribution >= 4 is 38.5 Å². The first-order valence-electron chi connectivity index (χ1n) is 9.45. The van der Waals surface area contributed by atoms with E-state index in [2.05, 4.69) is 29.7 Å². The lowest BCUT2D eigenvalue weighted by molar-refractivity contribution is 0.412. The minimum absolute atomic E-state index is 0.209. The number of pyridine rings is 1. The molecule has 0 saturated carbocycles. The molecule has 3 aromatic rings. The molecule has 2 N–H and O–H groups in total. The Morgan fingerprint density at radius 2 is 2.21 bits per heavy atom. The maximum atomic E-state index is 11.4. The first-order valence-corrected chi connectivity index (χ1v) is 11.7. The zero-order valence-electron chi connectivity index (χ0n) is 16.6. The Labute approximate surface area is 174 Å². The first-order chi connectivity index (χ1) is 13.7. The highest BCUT2D eigenvalue weighted by atomic mass is 35.5. The largest absolute Gasteiger partial charge is 0.368 e. The van der Waals surface area contributed by atoms with E-state index in [1.54, 1.807) is 10.9 Å². The fourth-order valence-electron chi connectivity index (χ4n) is 3.89. The molecule has 0 amide bonds. The molecule has 3 aromatic heterocycles. The molecule has 1 saturated heterocycles. The zero-order valence-corrected chi connectivity index (χ0v) is 18.2. The third-order valence-corrected chi connectivity index (χ3v) is 6.15. The summed E-state index contributed by atoms with van der Waals surface area (Å²) in [5, 5.41) is 4.93. The van der Waals surface area contributed by atoms with Crippen LogP contribution in [0.25, 0.3) is 22.6 Å². The molecule has 0 aliphatic carbocycles. The highest BCUT2D eigenvalue weighted by Crippen LogP contribution is 2.36. The Balaban J connectivity index is 1.67. The second-order valence-electron chi connectivity index (χ2n) is 7.62. The number of nitrogens with zero attached hydrogens (tertiary/aromatic N) is 5. The van der Waals surface area contributed by atoms with Crippen molar-refractivity contribution in [2.45, 2.75) is 19.8 Å². The van der Waals surface area contributed by atoms with Gasteiger partial charge >= 0.3 is 0 Å². The number of aryl methyl sites for hydroxylation is 2. The smallest absolute Gasteiger partial charge is 0.208 e. The summed E-state index contributed by atoms with van der Waals surface area (Å²) in [6, 6.07) is 0. The van der Waals surface area contributed by atoms with Gasteiger partial charge in [-0.3, -0.25) is 4.68 Å². The van der Waals surface area contributed by atoms with Gasteiger partial charge in [0.15, 0.2) is 5.65 Å². The summed E-state index contributed by atoms with van der Waals surface area (Å²) >= 11 is 6.54. The van der Waals surface area contributed by atoms with E-state index in [1.807, 2.05) is 20.2 Å². The van der Waals surface area contributed by atoms with Gasteiger partial charge in [-0.05, 0) is 25.7 Å². The van der Waals surface area contributed by atoms with Crippen LogP contribution in [0.2, 0.25) is 5.02 Å². The molecular weight excluding hydrogens is 414 g/mol. The number of sulfonamides is 1. The third kappa shape index (κ3) is 4.24. The number of rotatable bonds is 5. The normalized spacial score (nSPS) is 17.9. The van der Waals surface area contributed by atoms with Crippen LogP contribution < -0.4 is 9.62 Å². The number of H-pyrrole nitrogens is 1. The summed E-state index contributed by atoms with van der Waals surface area (Å²) in [6.45, 7) is 3.91. The maximum absolute atomic E-state index is 11.4. The van der Waals surface area contributed by atoms with Crippen molar-refractivity contribution in [1.82, 2.24) is 29.5 Å². The Bertz CT molecular complexity index is 1150. The van der Waals surface area contributed by atoms with Crippen LogP contribution in [0.3, 0.4) is 0 Å². The number of hydrogen-bond donors (Lipinski definition) is 2. The van der Waals surface area contributed by atoms with Crippen molar-refractivity contribution in [3.63, 3.8) is 0 Å². The summed E-state index contributed by atoms with van der Waals surface area (Å²) in [4.78, 5) is 14.6. The predicted octanol–water partition coefficient (Wildman–Crippen LogP) is 2.09. The van der Waals surface area contributed by atoms with Crippen molar-refractivity contribution in [3.8, 4) is 11.4 Å². The minimum atomic E-state index is -3.21. The number of anilines is 1. The summed E-state index contributed by atoms with van der Waals surface area (Å²) in [5.41, 5.74) is 4.04. The van der Waals surface area contributed by atoms with E-state index in [0.717, 1.165) is 41.8 Å². The van der Waals surface area contributed by atoms with Crippen molar-refractivity contribution < 1.29 is 8.42 Å². The van der Waals surface area contributed by atoms with Crippen molar-refractivity contribution in [2.24, 2.45) is 13.0 Å². The van der Waals surface area contributed by atoms with E-state index in [4.69, 9.17) is 11.6 Å². The number of hydrogen-bond acceptors (Lipinski definition) is 6. The number of fused-ring (bicyclic) bond motifs is 1. The van der Waals surface area contributed by atoms with Gasteiger partial charge in [-0.1, -0.05) is 11.6 Å². The molecule has 9 nitrogen and oxygen atoms in total. The van der Waals surface area contributed by atoms with E-state index < -0.39 is 10.0 Å². The minimum Gasteiger partial charge on any atom is -0.368 e. The van der Waals surface area contributed by atoms with Gasteiger partial charge < -0.3 is 9.88 Å². The van der Waals surface area contributed by atoms with Crippen LogP contribution >= 0.6 is 11.6 Å². The van der Waals surface area contributed by atoms with Crippen LogP contribution in [-0.4, -0.2) is 59.0 Å². The van der Waals surface area contributed by atoms with Gasteiger partial charge in [-0.15, -0.1) is 0 Å². The van der Waals surface area contributed by atoms with Crippen molar-refractivity contribution in [3.05, 3.63) is 23.1 Å². The molecule has 0 bridgehead atoms. The summed E-state index contributed by atoms with van der Waals surface area (Å²) in [6.07, 6.45) is 6.65. The Morgan fingerprint density at radius 1 is 1.41 bits per heavy atom. The lowest BCUT2D eigenvalue weighted by Crippen LogP contribution is -2.41. The molecule has 1 fully saturated rings. The van der Waals surface area contributed by atoms with Crippen LogP contribution in [0.15, 0.2) is 12.4 Å². The Morgan fingerprint density at radius 3 is 2.90 bits per heavy atom. The summed E-state index contributed by atoms with van der Waals surface area (Å²) in [5.74, 6) is 0.912. The summed E-state index contributed by atoms with van der Waals surface area (Å²) < 4.78 is 27.3. The molecule has 0 unspecified atom stereocenters. The number of aromatic nitrogens is 5. The molecule has 4 rings (SSSR count). The number of imidazole rings is 1. The topological polar surface area (TPSA) is 109 Å². The number of nitrogens with one attached hydrogen (secondary N) is 2. The maximum Gasteiger partial charge on any atom is 0.208 e. The van der Waals surface area contributed by atoms with E-state index in [0.29, 0.717) is 29.6 Å². The second kappa shape index (κ2) is 7.58. The van der Waals surface area contributed by atoms with Crippen LogP contribution in [0.4, 0.5) is 5.69 Å². The highest BCUT2D eigenvalue weighted by molar-refractivity contribution is 7.88. The Kier molecular flexibility index (Phi) is 5.26. The van der Waals surface area contributed by atoms with Gasteiger partial charge in [-0.25, -0.2) is 23.1 Å². The highest BCUT2D eigenvalue weighted by Gasteiger charge is 2.25. The van der Waals surface area contributed by atoms with Crippen LogP contribution in [0.5, 0.6) is 0 Å². The van der Waals surface area contributed by atoms with Crippen molar-refractivity contribution in [1.29, 1.82) is 0 Å². The molecule has 0 aromatic carbocycles. The quantitative estimate of drug-likeness (QED) is 0.632. The monoisotopic (exact) mass is 437 g/mol. The number of piperidine rings is 1. The fraction of sp³-hybridized carbons (Fsp3) is 0.500. The molecule has 29 heavy (non-hydrogen) atoms. The van der Waals surface area contributed by atoms with Gasteiger partial charge in [0.25, 0.3) is 0 Å². The van der Waals surface area contributed by atoms with Crippen LogP contribution in [0, 0.1) is 12.8 Å². The third-order valence-electron chi connectivity index (χ3n) is 5.19. The molecule has 0 radical (unpaired) electrons. The van der Waals surface area contributed by atoms with Gasteiger partial charge in [0.2, 0.25) is 10.0 Å². The SMILES string of the molecule is Cc1nn(C)cc1-c1nc2ncc(Cl)c(N3CCC[C@@H](CNS(C)(=O)=O)C3)c2[nH]1. The van der Waals surface area contributed by atoms with Gasteiger partial charge in [0.05, 0.1) is 34.4 Å². The zero-order chi connectivity index (χ0) is 20.8. The molecule has 1 aliphatic rings. The molecular formula is C18H24ClN7O2S. The van der Waals surface area contributed by atoms with E-state index >= 15 is 0 Å². The predicted molar refractivity (Wildman–Crippen MR) is 114 cm³/mol. The number of aromatic amines is 1. The number of halogens is 1. The molecule has 1 atom stereocenters. The summed E-state index contributed by atoms with van der Waals surface area (Å²) in [7, 11) is -1.33. The van der Waals surface area contributed by atoms with Crippen LogP contribution in [-0.2, 0) is 17.1 Å². The van der Waals surface area contributed by atoms with Crippen molar-refractivity contribution in [2.75, 3.05) is 30.8 Å². The average Bonchev–Trinajstić information content (AvgIpc) is 3.22. The molecule has 1 aliphatic heterocycles. The van der Waals surface area contributed by atoms with Crippen LogP contribution in [0.1, 0.15) is 18.5 Å². The standard InChI is InChI=1S/C18H24ClN7O2S/c1-11-13(10-25(2)24-11)17-22-15-16(14(19)8-20-18(15)23-17)26-6-4-5-12(9-26)7-21-29(3,27)28/h8,10,12,21H,4-7,9H2,1-3H3,(H,20,22,23)/t12-/m0/s1. The lowest BCUT2D eigenvalue weighted by atomic mass is 9.98. The lowest BCUT2D eigenvalue weighted by Gasteiger charge is -2.35. The fourth-order valence-corrected chi connectivity index (χ4v) is 4.70.